The molecule has 0 aliphatic heterocycles. The molecule has 0 saturated carbocycles. The van der Waals surface area contributed by atoms with Crippen LogP contribution in [0.5, 0.6) is 5.75 Å². The summed E-state index contributed by atoms with van der Waals surface area (Å²) in [6.45, 7) is 7.41. The van der Waals surface area contributed by atoms with Crippen LogP contribution in [-0.2, 0) is 4.74 Å². The highest BCUT2D eigenvalue weighted by molar-refractivity contribution is 5.99. The van der Waals surface area contributed by atoms with Crippen molar-refractivity contribution in [3.05, 3.63) is 29.8 Å². The van der Waals surface area contributed by atoms with Gasteiger partial charge in [-0.25, -0.2) is 0 Å². The van der Waals surface area contributed by atoms with Gasteiger partial charge in [-0.1, -0.05) is 0 Å². The van der Waals surface area contributed by atoms with Crippen molar-refractivity contribution in [1.29, 1.82) is 0 Å². The van der Waals surface area contributed by atoms with Crippen molar-refractivity contribution >= 4 is 5.78 Å². The molecule has 4 nitrogen and oxygen atoms in total. The summed E-state index contributed by atoms with van der Waals surface area (Å²) in [5.41, 5.74) is 0.698. The van der Waals surface area contributed by atoms with Gasteiger partial charge < -0.3 is 14.8 Å². The molecular weight excluding hydrogens is 254 g/mol. The van der Waals surface area contributed by atoms with Gasteiger partial charge in [0, 0.05) is 12.2 Å². The van der Waals surface area contributed by atoms with Crippen LogP contribution in [0.4, 0.5) is 0 Å². The zero-order valence-electron chi connectivity index (χ0n) is 12.8. The van der Waals surface area contributed by atoms with Crippen LogP contribution in [-0.4, -0.2) is 38.2 Å². The van der Waals surface area contributed by atoms with Crippen LogP contribution in [0.2, 0.25) is 0 Å². The van der Waals surface area contributed by atoms with Crippen molar-refractivity contribution in [3.8, 4) is 5.75 Å². The summed E-state index contributed by atoms with van der Waals surface area (Å²) >= 11 is 0. The monoisotopic (exact) mass is 279 g/mol. The van der Waals surface area contributed by atoms with E-state index in [9.17, 15) is 4.79 Å². The second kappa shape index (κ2) is 8.72. The summed E-state index contributed by atoms with van der Waals surface area (Å²) in [5.74, 6) is 0.852. The lowest BCUT2D eigenvalue weighted by Gasteiger charge is -2.13. The van der Waals surface area contributed by atoms with Gasteiger partial charge in [-0.15, -0.1) is 0 Å². The largest absolute Gasteiger partial charge is 0.497 e. The Morgan fingerprint density at radius 1 is 1.20 bits per heavy atom. The third-order valence-electron chi connectivity index (χ3n) is 2.99. The highest BCUT2D eigenvalue weighted by atomic mass is 16.5. The van der Waals surface area contributed by atoms with E-state index in [2.05, 4.69) is 5.32 Å². The van der Waals surface area contributed by atoms with E-state index in [1.165, 1.54) is 0 Å². The van der Waals surface area contributed by atoms with Crippen molar-refractivity contribution < 1.29 is 14.3 Å². The molecule has 4 heteroatoms. The summed E-state index contributed by atoms with van der Waals surface area (Å²) in [7, 11) is 1.61. The molecule has 0 aromatic heterocycles. The van der Waals surface area contributed by atoms with Crippen molar-refractivity contribution in [1.82, 2.24) is 5.32 Å². The van der Waals surface area contributed by atoms with Crippen LogP contribution in [0.25, 0.3) is 0 Å². The number of benzene rings is 1. The summed E-state index contributed by atoms with van der Waals surface area (Å²) in [6.07, 6.45) is 1.16. The minimum absolute atomic E-state index is 0.0948. The molecule has 20 heavy (non-hydrogen) atoms. The third kappa shape index (κ3) is 5.72. The summed E-state index contributed by atoms with van der Waals surface area (Å²) < 4.78 is 10.5. The average Bonchev–Trinajstić information content (AvgIpc) is 2.45. The Morgan fingerprint density at radius 3 is 2.40 bits per heavy atom. The molecule has 1 N–H and O–H groups in total. The fourth-order valence-corrected chi connectivity index (χ4v) is 1.81. The highest BCUT2D eigenvalue weighted by Crippen LogP contribution is 2.12. The number of carbonyl (C=O) groups excluding carboxylic acids is 1. The van der Waals surface area contributed by atoms with E-state index in [4.69, 9.17) is 9.47 Å². The molecule has 0 bridgehead atoms. The Morgan fingerprint density at radius 2 is 1.85 bits per heavy atom. The SMILES string of the molecule is COc1ccc(C(=O)C(C)NCCCOC(C)C)cc1. The second-order valence-electron chi connectivity index (χ2n) is 5.04. The minimum atomic E-state index is -0.192. The molecule has 0 amide bonds. The Bertz CT molecular complexity index is 401. The first-order valence-corrected chi connectivity index (χ1v) is 7.08. The molecule has 0 fully saturated rings. The minimum Gasteiger partial charge on any atom is -0.497 e. The average molecular weight is 279 g/mol. The Kier molecular flexibility index (Phi) is 7.26. The van der Waals surface area contributed by atoms with Crippen molar-refractivity contribution in [2.45, 2.75) is 39.3 Å². The van der Waals surface area contributed by atoms with E-state index in [1.807, 2.05) is 20.8 Å². The molecule has 0 aliphatic rings. The van der Waals surface area contributed by atoms with E-state index in [-0.39, 0.29) is 17.9 Å². The molecule has 0 heterocycles. The summed E-state index contributed by atoms with van der Waals surface area (Å²) in [5, 5.41) is 3.22. The first-order chi connectivity index (χ1) is 9.54. The third-order valence-corrected chi connectivity index (χ3v) is 2.99. The van der Waals surface area contributed by atoms with Crippen LogP contribution in [0.1, 0.15) is 37.6 Å². The van der Waals surface area contributed by atoms with Crippen LogP contribution in [0, 0.1) is 0 Å². The zero-order valence-corrected chi connectivity index (χ0v) is 12.8. The lowest BCUT2D eigenvalue weighted by atomic mass is 10.1. The van der Waals surface area contributed by atoms with Crippen molar-refractivity contribution in [3.63, 3.8) is 0 Å². The maximum atomic E-state index is 12.2. The molecule has 0 radical (unpaired) electrons. The number of methoxy groups -OCH3 is 1. The molecule has 1 atom stereocenters. The van der Waals surface area contributed by atoms with Crippen molar-refractivity contribution in [2.24, 2.45) is 0 Å². The molecule has 1 rings (SSSR count). The summed E-state index contributed by atoms with van der Waals surface area (Å²) in [4.78, 5) is 12.2. The number of carbonyl (C=O) groups is 1. The maximum absolute atomic E-state index is 12.2. The van der Waals surface area contributed by atoms with Gasteiger partial charge in [0.05, 0.1) is 19.3 Å². The number of ether oxygens (including phenoxy) is 2. The van der Waals surface area contributed by atoms with E-state index < -0.39 is 0 Å². The summed E-state index contributed by atoms with van der Waals surface area (Å²) in [6, 6.07) is 7.00. The lowest BCUT2D eigenvalue weighted by molar-refractivity contribution is 0.0760. The highest BCUT2D eigenvalue weighted by Gasteiger charge is 2.14. The Hall–Kier alpha value is -1.39. The predicted molar refractivity (Wildman–Crippen MR) is 80.5 cm³/mol. The lowest BCUT2D eigenvalue weighted by Crippen LogP contribution is -2.35. The zero-order chi connectivity index (χ0) is 15.0. The van der Waals surface area contributed by atoms with Gasteiger partial charge in [-0.3, -0.25) is 4.79 Å². The number of ketones is 1. The van der Waals surface area contributed by atoms with E-state index >= 15 is 0 Å². The van der Waals surface area contributed by atoms with Crippen LogP contribution < -0.4 is 10.1 Å². The van der Waals surface area contributed by atoms with Gasteiger partial charge in [0.25, 0.3) is 0 Å². The van der Waals surface area contributed by atoms with Gasteiger partial charge in [0.2, 0.25) is 0 Å². The topological polar surface area (TPSA) is 47.6 Å². The van der Waals surface area contributed by atoms with Gasteiger partial charge in [0.1, 0.15) is 5.75 Å². The molecule has 0 aliphatic carbocycles. The molecule has 112 valence electrons. The fourth-order valence-electron chi connectivity index (χ4n) is 1.81. The van der Waals surface area contributed by atoms with Crippen LogP contribution in [0.3, 0.4) is 0 Å². The standard InChI is InChI=1S/C16H25NO3/c1-12(2)20-11-5-10-17-13(3)16(18)14-6-8-15(19-4)9-7-14/h6-9,12-13,17H,5,10-11H2,1-4H3. The Balaban J connectivity index is 2.34. The first-order valence-electron chi connectivity index (χ1n) is 7.08. The maximum Gasteiger partial charge on any atom is 0.179 e. The van der Waals surface area contributed by atoms with Gasteiger partial charge in [0.15, 0.2) is 5.78 Å². The van der Waals surface area contributed by atoms with E-state index in [0.29, 0.717) is 12.2 Å². The molecular formula is C16H25NO3. The first kappa shape index (κ1) is 16.7. The fraction of sp³-hybridized carbons (Fsp3) is 0.562. The van der Waals surface area contributed by atoms with Crippen molar-refractivity contribution in [2.75, 3.05) is 20.3 Å². The quantitative estimate of drug-likeness (QED) is 0.557. The van der Waals surface area contributed by atoms with Gasteiger partial charge in [-0.05, 0) is 58.0 Å². The number of rotatable bonds is 9. The molecule has 1 unspecified atom stereocenters. The molecule has 1 aromatic rings. The van der Waals surface area contributed by atoms with Gasteiger partial charge in [-0.2, -0.15) is 0 Å². The normalized spacial score (nSPS) is 12.4. The predicted octanol–water partition coefficient (Wildman–Crippen LogP) is 2.67. The van der Waals surface area contributed by atoms with Crippen LogP contribution >= 0.6 is 0 Å². The van der Waals surface area contributed by atoms with Crippen LogP contribution in [0.15, 0.2) is 24.3 Å². The van der Waals surface area contributed by atoms with E-state index in [1.54, 1.807) is 31.4 Å². The van der Waals surface area contributed by atoms with E-state index in [0.717, 1.165) is 18.7 Å². The smallest absolute Gasteiger partial charge is 0.179 e. The van der Waals surface area contributed by atoms with Gasteiger partial charge >= 0.3 is 0 Å². The Labute approximate surface area is 121 Å². The molecule has 0 spiro atoms. The number of Topliss-reactive ketones (excluding diaryl/α,β-unsaturated/α-hetero) is 1. The molecule has 0 saturated heterocycles. The molecule has 1 aromatic carbocycles. The number of hydrogen-bond acceptors (Lipinski definition) is 4. The number of nitrogens with one attached hydrogen (secondary N) is 1. The second-order valence-corrected chi connectivity index (χ2v) is 5.04. The number of hydrogen-bond donors (Lipinski definition) is 1.